The zero-order chi connectivity index (χ0) is 18.5. The standard InChI is InChI=1S/C20H16ClFN2OS/c1-13-10-15(14-6-3-2-4-7-14)11-18(19(13)22)20(25)23-24-26-17-9-5-8-16(21)12-17/h2-12,24H,1H3,(H,23,25). The molecule has 1 amide bonds. The number of carbonyl (C=O) groups is 1. The molecular formula is C20H16ClFN2OS. The molecule has 6 heteroatoms. The molecule has 0 saturated heterocycles. The van der Waals surface area contributed by atoms with Gasteiger partial charge in [0.2, 0.25) is 0 Å². The first-order valence-electron chi connectivity index (χ1n) is 7.88. The number of aryl methyl sites for hydroxylation is 1. The van der Waals surface area contributed by atoms with Gasteiger partial charge in [0.05, 0.1) is 5.56 Å². The predicted molar refractivity (Wildman–Crippen MR) is 104 cm³/mol. The number of hydrogen-bond donors (Lipinski definition) is 2. The van der Waals surface area contributed by atoms with Crippen molar-refractivity contribution in [2.45, 2.75) is 11.8 Å². The molecule has 0 aliphatic rings. The summed E-state index contributed by atoms with van der Waals surface area (Å²) in [6.07, 6.45) is 0. The van der Waals surface area contributed by atoms with Gasteiger partial charge in [0.1, 0.15) is 5.82 Å². The van der Waals surface area contributed by atoms with Crippen molar-refractivity contribution >= 4 is 29.5 Å². The Morgan fingerprint density at radius 2 is 1.77 bits per heavy atom. The average molecular weight is 387 g/mol. The quantitative estimate of drug-likeness (QED) is 0.456. The van der Waals surface area contributed by atoms with Crippen molar-refractivity contribution in [2.75, 3.05) is 0 Å². The number of amides is 1. The van der Waals surface area contributed by atoms with Crippen LogP contribution in [0.4, 0.5) is 4.39 Å². The van der Waals surface area contributed by atoms with E-state index in [1.165, 1.54) is 11.9 Å². The van der Waals surface area contributed by atoms with Crippen molar-refractivity contribution < 1.29 is 9.18 Å². The summed E-state index contributed by atoms with van der Waals surface area (Å²) in [5, 5.41) is 0.598. The second kappa shape index (κ2) is 8.36. The molecule has 0 aromatic heterocycles. The lowest BCUT2D eigenvalue weighted by Gasteiger charge is -2.11. The van der Waals surface area contributed by atoms with Crippen molar-refractivity contribution in [3.05, 3.63) is 88.7 Å². The Hall–Kier alpha value is -2.34. The zero-order valence-corrected chi connectivity index (χ0v) is 15.5. The summed E-state index contributed by atoms with van der Waals surface area (Å²) in [5.74, 6) is -1.07. The summed E-state index contributed by atoms with van der Waals surface area (Å²) in [4.78, 5) is 16.0. The van der Waals surface area contributed by atoms with Crippen molar-refractivity contribution in [3.63, 3.8) is 0 Å². The number of rotatable bonds is 5. The first-order valence-corrected chi connectivity index (χ1v) is 9.07. The minimum Gasteiger partial charge on any atom is -0.277 e. The lowest BCUT2D eigenvalue weighted by atomic mass is 9.99. The lowest BCUT2D eigenvalue weighted by Crippen LogP contribution is -2.33. The van der Waals surface area contributed by atoms with Gasteiger partial charge in [-0.15, -0.1) is 0 Å². The van der Waals surface area contributed by atoms with Crippen molar-refractivity contribution in [1.29, 1.82) is 0 Å². The maximum atomic E-state index is 14.4. The monoisotopic (exact) mass is 386 g/mol. The fourth-order valence-electron chi connectivity index (χ4n) is 2.46. The number of hydrazine groups is 1. The van der Waals surface area contributed by atoms with Crippen molar-refractivity contribution in [3.8, 4) is 11.1 Å². The van der Waals surface area contributed by atoms with E-state index in [-0.39, 0.29) is 5.56 Å². The zero-order valence-electron chi connectivity index (χ0n) is 13.9. The van der Waals surface area contributed by atoms with E-state index < -0.39 is 11.7 Å². The lowest BCUT2D eigenvalue weighted by molar-refractivity contribution is 0.0943. The molecule has 0 atom stereocenters. The van der Waals surface area contributed by atoms with Gasteiger partial charge < -0.3 is 0 Å². The number of carbonyl (C=O) groups excluding carboxylic acids is 1. The van der Waals surface area contributed by atoms with Gasteiger partial charge in [0, 0.05) is 9.92 Å². The van der Waals surface area contributed by atoms with Crippen LogP contribution in [0.15, 0.2) is 71.6 Å². The Bertz CT molecular complexity index is 934. The molecule has 0 heterocycles. The van der Waals surface area contributed by atoms with Gasteiger partial charge in [-0.2, -0.15) is 4.83 Å². The molecular weight excluding hydrogens is 371 g/mol. The fraction of sp³-hybridized carbons (Fsp3) is 0.0500. The second-order valence-electron chi connectivity index (χ2n) is 5.64. The second-order valence-corrected chi connectivity index (χ2v) is 6.95. The van der Waals surface area contributed by atoms with Crippen LogP contribution in [-0.4, -0.2) is 5.91 Å². The maximum absolute atomic E-state index is 14.4. The van der Waals surface area contributed by atoms with Crippen LogP contribution in [0.25, 0.3) is 11.1 Å². The predicted octanol–water partition coefficient (Wildman–Crippen LogP) is 5.40. The van der Waals surface area contributed by atoms with E-state index in [2.05, 4.69) is 10.3 Å². The van der Waals surface area contributed by atoms with Gasteiger partial charge in [-0.3, -0.25) is 10.2 Å². The normalized spacial score (nSPS) is 10.6. The Balaban J connectivity index is 1.75. The molecule has 0 spiro atoms. The number of benzene rings is 3. The van der Waals surface area contributed by atoms with Crippen LogP contribution in [0.5, 0.6) is 0 Å². The molecule has 26 heavy (non-hydrogen) atoms. The Labute approximate surface area is 160 Å². The summed E-state index contributed by atoms with van der Waals surface area (Å²) < 4.78 is 14.4. The van der Waals surface area contributed by atoms with E-state index in [1.807, 2.05) is 36.4 Å². The number of hydrogen-bond acceptors (Lipinski definition) is 3. The summed E-state index contributed by atoms with van der Waals surface area (Å²) in [6.45, 7) is 1.65. The van der Waals surface area contributed by atoms with E-state index >= 15 is 0 Å². The van der Waals surface area contributed by atoms with Gasteiger partial charge in [-0.25, -0.2) is 4.39 Å². The number of nitrogens with one attached hydrogen (secondary N) is 2. The maximum Gasteiger partial charge on any atom is 0.269 e. The molecule has 0 aliphatic carbocycles. The Morgan fingerprint density at radius 3 is 2.50 bits per heavy atom. The molecule has 2 N–H and O–H groups in total. The van der Waals surface area contributed by atoms with Gasteiger partial charge >= 0.3 is 0 Å². The van der Waals surface area contributed by atoms with E-state index in [4.69, 9.17) is 11.6 Å². The number of halogens is 2. The molecule has 0 unspecified atom stereocenters. The van der Waals surface area contributed by atoms with Crippen LogP contribution < -0.4 is 10.3 Å². The molecule has 0 saturated carbocycles. The van der Waals surface area contributed by atoms with Crippen LogP contribution in [0, 0.1) is 12.7 Å². The molecule has 0 bridgehead atoms. The van der Waals surface area contributed by atoms with Gasteiger partial charge in [-0.05, 0) is 65.9 Å². The minimum absolute atomic E-state index is 0.0111. The minimum atomic E-state index is -0.544. The van der Waals surface area contributed by atoms with Crippen LogP contribution >= 0.6 is 23.5 Å². The molecule has 3 aromatic carbocycles. The smallest absolute Gasteiger partial charge is 0.269 e. The SMILES string of the molecule is Cc1cc(-c2ccccc2)cc(C(=O)NNSc2cccc(Cl)c2)c1F. The van der Waals surface area contributed by atoms with Gasteiger partial charge in [-0.1, -0.05) is 48.0 Å². The third-order valence-corrected chi connectivity index (χ3v) is 4.66. The highest BCUT2D eigenvalue weighted by molar-refractivity contribution is 7.97. The van der Waals surface area contributed by atoms with Crippen LogP contribution in [-0.2, 0) is 0 Å². The third-order valence-electron chi connectivity index (χ3n) is 3.74. The summed E-state index contributed by atoms with van der Waals surface area (Å²) in [6, 6.07) is 20.0. The van der Waals surface area contributed by atoms with E-state index in [1.54, 1.807) is 37.3 Å². The first kappa shape index (κ1) is 18.5. The Kier molecular flexibility index (Phi) is 5.93. The average Bonchev–Trinajstić information content (AvgIpc) is 2.64. The first-order chi connectivity index (χ1) is 12.5. The van der Waals surface area contributed by atoms with E-state index in [0.29, 0.717) is 10.6 Å². The van der Waals surface area contributed by atoms with E-state index in [9.17, 15) is 9.18 Å². The Morgan fingerprint density at radius 1 is 1.00 bits per heavy atom. The molecule has 0 radical (unpaired) electrons. The highest BCUT2D eigenvalue weighted by atomic mass is 35.5. The summed E-state index contributed by atoms with van der Waals surface area (Å²) in [7, 11) is 0. The molecule has 132 valence electrons. The molecule has 0 aliphatic heterocycles. The largest absolute Gasteiger partial charge is 0.277 e. The van der Waals surface area contributed by atoms with Crippen LogP contribution in [0.2, 0.25) is 5.02 Å². The third kappa shape index (κ3) is 4.43. The van der Waals surface area contributed by atoms with E-state index in [0.717, 1.165) is 16.0 Å². The highest BCUT2D eigenvalue weighted by Crippen LogP contribution is 2.25. The molecule has 3 aromatic rings. The van der Waals surface area contributed by atoms with Crippen molar-refractivity contribution in [2.24, 2.45) is 0 Å². The van der Waals surface area contributed by atoms with Gasteiger partial charge in [0.15, 0.2) is 0 Å². The topological polar surface area (TPSA) is 41.1 Å². The fourth-order valence-corrected chi connectivity index (χ4v) is 3.31. The highest BCUT2D eigenvalue weighted by Gasteiger charge is 2.16. The summed E-state index contributed by atoms with van der Waals surface area (Å²) in [5.41, 5.74) is 4.62. The van der Waals surface area contributed by atoms with Crippen molar-refractivity contribution in [1.82, 2.24) is 10.3 Å². The summed E-state index contributed by atoms with van der Waals surface area (Å²) >= 11 is 7.10. The van der Waals surface area contributed by atoms with Crippen LogP contribution in [0.3, 0.4) is 0 Å². The van der Waals surface area contributed by atoms with Crippen LogP contribution in [0.1, 0.15) is 15.9 Å². The van der Waals surface area contributed by atoms with Gasteiger partial charge in [0.25, 0.3) is 5.91 Å². The molecule has 0 fully saturated rings. The molecule has 3 rings (SSSR count). The molecule has 3 nitrogen and oxygen atoms in total.